The molecule has 2 aromatic rings. The van der Waals surface area contributed by atoms with Gasteiger partial charge in [-0.3, -0.25) is 0 Å². The first-order chi connectivity index (χ1) is 8.65. The molecular weight excluding hydrogens is 336 g/mol. The maximum atomic E-state index is 10.4. The van der Waals surface area contributed by atoms with E-state index in [9.17, 15) is 5.11 Å². The Morgan fingerprint density at radius 2 is 2.06 bits per heavy atom. The molecule has 2 nitrogen and oxygen atoms in total. The van der Waals surface area contributed by atoms with Crippen LogP contribution in [0.3, 0.4) is 0 Å². The topological polar surface area (TPSA) is 29.5 Å². The lowest BCUT2D eigenvalue weighted by Gasteiger charge is -2.10. The average Bonchev–Trinajstić information content (AvgIpc) is 2.95. The predicted molar refractivity (Wildman–Crippen MR) is 76.0 cm³/mol. The first-order valence-electron chi connectivity index (χ1n) is 5.47. The van der Waals surface area contributed by atoms with Crippen LogP contribution in [0.25, 0.3) is 0 Å². The van der Waals surface area contributed by atoms with E-state index in [1.165, 1.54) is 16.9 Å². The van der Waals surface area contributed by atoms with E-state index in [2.05, 4.69) is 15.9 Å². The van der Waals surface area contributed by atoms with Gasteiger partial charge in [-0.25, -0.2) is 0 Å². The molecule has 1 aromatic carbocycles. The number of aliphatic hydroxyl groups is 1. The van der Waals surface area contributed by atoms with Crippen molar-refractivity contribution < 1.29 is 9.84 Å². The normalized spacial score (nSPS) is 15.7. The van der Waals surface area contributed by atoms with Crippen LogP contribution < -0.4 is 0 Å². The van der Waals surface area contributed by atoms with Crippen molar-refractivity contribution in [2.24, 2.45) is 0 Å². The van der Waals surface area contributed by atoms with E-state index in [-0.39, 0.29) is 0 Å². The van der Waals surface area contributed by atoms with Crippen molar-refractivity contribution in [2.45, 2.75) is 19.3 Å². The smallest absolute Gasteiger partial charge is 0.113 e. The Hall–Kier alpha value is -0.390. The van der Waals surface area contributed by atoms with Gasteiger partial charge in [0.2, 0.25) is 0 Å². The van der Waals surface area contributed by atoms with Gasteiger partial charge in [0, 0.05) is 4.88 Å². The van der Waals surface area contributed by atoms with E-state index < -0.39 is 6.10 Å². The molecule has 0 fully saturated rings. The van der Waals surface area contributed by atoms with E-state index in [0.717, 1.165) is 19.8 Å². The molecule has 5 heteroatoms. The molecule has 3 rings (SSSR count). The van der Waals surface area contributed by atoms with Crippen molar-refractivity contribution in [1.29, 1.82) is 0 Å². The number of hydrogen-bond donors (Lipinski definition) is 1. The molecule has 0 aliphatic carbocycles. The molecule has 0 saturated heterocycles. The molecule has 1 atom stereocenters. The number of thiophene rings is 1. The van der Waals surface area contributed by atoms with Crippen LogP contribution in [0.5, 0.6) is 0 Å². The summed E-state index contributed by atoms with van der Waals surface area (Å²) >= 11 is 10.8. The lowest BCUT2D eigenvalue weighted by atomic mass is 10.0. The molecular formula is C13H10BrClO2S. The largest absolute Gasteiger partial charge is 0.383 e. The molecule has 2 heterocycles. The SMILES string of the molecule is OC(c1ccc2c(c1)COC2)c1cc(Cl)c(Br)s1. The summed E-state index contributed by atoms with van der Waals surface area (Å²) in [5, 5.41) is 11.0. The monoisotopic (exact) mass is 344 g/mol. The van der Waals surface area contributed by atoms with Crippen molar-refractivity contribution >= 4 is 38.9 Å². The second kappa shape index (κ2) is 4.94. The maximum Gasteiger partial charge on any atom is 0.113 e. The first kappa shape index (κ1) is 12.6. The molecule has 1 aromatic heterocycles. The molecule has 0 bridgehead atoms. The van der Waals surface area contributed by atoms with E-state index in [4.69, 9.17) is 16.3 Å². The van der Waals surface area contributed by atoms with Gasteiger partial charge in [0.05, 0.1) is 22.0 Å². The Morgan fingerprint density at radius 3 is 2.78 bits per heavy atom. The van der Waals surface area contributed by atoms with Gasteiger partial charge >= 0.3 is 0 Å². The minimum absolute atomic E-state index is 0.630. The Kier molecular flexibility index (Phi) is 3.47. The third-order valence-corrected chi connectivity index (χ3v) is 5.52. The number of hydrogen-bond acceptors (Lipinski definition) is 3. The number of benzene rings is 1. The molecule has 0 radical (unpaired) electrons. The third-order valence-electron chi connectivity index (χ3n) is 2.99. The zero-order valence-corrected chi connectivity index (χ0v) is 12.5. The molecule has 0 amide bonds. The van der Waals surface area contributed by atoms with E-state index in [0.29, 0.717) is 18.2 Å². The number of aliphatic hydroxyl groups excluding tert-OH is 1. The molecule has 1 N–H and O–H groups in total. The molecule has 94 valence electrons. The Labute approximate surface area is 122 Å². The van der Waals surface area contributed by atoms with E-state index in [1.54, 1.807) is 6.07 Å². The van der Waals surface area contributed by atoms with Gasteiger partial charge in [-0.15, -0.1) is 11.3 Å². The minimum Gasteiger partial charge on any atom is -0.383 e. The van der Waals surface area contributed by atoms with Crippen LogP contribution in [-0.2, 0) is 18.0 Å². The highest BCUT2D eigenvalue weighted by molar-refractivity contribution is 9.11. The Bertz CT molecular complexity index is 577. The second-order valence-corrected chi connectivity index (χ2v) is 7.00. The molecule has 1 unspecified atom stereocenters. The summed E-state index contributed by atoms with van der Waals surface area (Å²) in [5.41, 5.74) is 3.24. The molecule has 1 aliphatic heterocycles. The van der Waals surface area contributed by atoms with Crippen molar-refractivity contribution in [2.75, 3.05) is 0 Å². The fourth-order valence-corrected chi connectivity index (χ4v) is 3.79. The van der Waals surface area contributed by atoms with Crippen molar-refractivity contribution in [3.8, 4) is 0 Å². The van der Waals surface area contributed by atoms with Gasteiger partial charge in [0.15, 0.2) is 0 Å². The van der Waals surface area contributed by atoms with Gasteiger partial charge in [-0.05, 0) is 38.7 Å². The highest BCUT2D eigenvalue weighted by Crippen LogP contribution is 2.38. The molecule has 0 spiro atoms. The van der Waals surface area contributed by atoms with Crippen LogP contribution in [0, 0.1) is 0 Å². The summed E-state index contributed by atoms with van der Waals surface area (Å²) in [6.07, 6.45) is -0.635. The Morgan fingerprint density at radius 1 is 1.28 bits per heavy atom. The zero-order chi connectivity index (χ0) is 12.7. The summed E-state index contributed by atoms with van der Waals surface area (Å²) in [5.74, 6) is 0. The fourth-order valence-electron chi connectivity index (χ4n) is 2.02. The highest BCUT2D eigenvalue weighted by Gasteiger charge is 2.18. The van der Waals surface area contributed by atoms with Crippen LogP contribution in [0.4, 0.5) is 0 Å². The number of halogens is 2. The van der Waals surface area contributed by atoms with Gasteiger partial charge in [0.25, 0.3) is 0 Å². The van der Waals surface area contributed by atoms with Crippen LogP contribution >= 0.6 is 38.9 Å². The fraction of sp³-hybridized carbons (Fsp3) is 0.231. The van der Waals surface area contributed by atoms with Crippen LogP contribution in [0.1, 0.15) is 27.7 Å². The van der Waals surface area contributed by atoms with Crippen molar-refractivity contribution in [3.05, 3.63) is 54.6 Å². The lowest BCUT2D eigenvalue weighted by molar-refractivity contribution is 0.134. The first-order valence-corrected chi connectivity index (χ1v) is 7.46. The minimum atomic E-state index is -0.635. The summed E-state index contributed by atoms with van der Waals surface area (Å²) < 4.78 is 6.22. The lowest BCUT2D eigenvalue weighted by Crippen LogP contribution is -1.98. The van der Waals surface area contributed by atoms with Crippen molar-refractivity contribution in [1.82, 2.24) is 0 Å². The molecule has 18 heavy (non-hydrogen) atoms. The highest BCUT2D eigenvalue weighted by atomic mass is 79.9. The molecule has 1 aliphatic rings. The number of rotatable bonds is 2. The van der Waals surface area contributed by atoms with E-state index in [1.807, 2.05) is 18.2 Å². The third kappa shape index (κ3) is 2.24. The van der Waals surface area contributed by atoms with Crippen LogP contribution in [-0.4, -0.2) is 5.11 Å². The number of ether oxygens (including phenoxy) is 1. The molecule has 0 saturated carbocycles. The zero-order valence-electron chi connectivity index (χ0n) is 9.32. The number of fused-ring (bicyclic) bond motifs is 1. The van der Waals surface area contributed by atoms with Crippen LogP contribution in [0.15, 0.2) is 28.1 Å². The summed E-state index contributed by atoms with van der Waals surface area (Å²) in [6.45, 7) is 1.30. The quantitative estimate of drug-likeness (QED) is 0.880. The maximum absolute atomic E-state index is 10.4. The average molecular weight is 346 g/mol. The van der Waals surface area contributed by atoms with Gasteiger partial charge in [-0.1, -0.05) is 29.8 Å². The summed E-state index contributed by atoms with van der Waals surface area (Å²) in [7, 11) is 0. The van der Waals surface area contributed by atoms with Crippen molar-refractivity contribution in [3.63, 3.8) is 0 Å². The standard InChI is InChI=1S/C13H10BrClO2S/c14-13-10(15)4-11(18-13)12(16)7-1-2-8-5-17-6-9(8)3-7/h1-4,12,16H,5-6H2. The summed E-state index contributed by atoms with van der Waals surface area (Å²) in [6, 6.07) is 7.77. The van der Waals surface area contributed by atoms with Gasteiger partial charge in [-0.2, -0.15) is 0 Å². The van der Waals surface area contributed by atoms with Gasteiger partial charge in [0.1, 0.15) is 6.10 Å². The summed E-state index contributed by atoms with van der Waals surface area (Å²) in [4.78, 5) is 0.839. The Balaban J connectivity index is 1.94. The van der Waals surface area contributed by atoms with Crippen LogP contribution in [0.2, 0.25) is 5.02 Å². The predicted octanol–water partition coefficient (Wildman–Crippen LogP) is 4.28. The van der Waals surface area contributed by atoms with Gasteiger partial charge < -0.3 is 9.84 Å². The second-order valence-electron chi connectivity index (χ2n) is 4.19. The van der Waals surface area contributed by atoms with E-state index >= 15 is 0 Å².